The van der Waals surface area contributed by atoms with Gasteiger partial charge in [-0.05, 0) is 31.9 Å². The molecule has 2 N–H and O–H groups in total. The predicted molar refractivity (Wildman–Crippen MR) is 71.3 cm³/mol. The lowest BCUT2D eigenvalue weighted by Gasteiger charge is -2.31. The Balaban J connectivity index is 1.94. The number of aryl methyl sites for hydroxylation is 1. The van der Waals surface area contributed by atoms with Crippen molar-refractivity contribution in [2.45, 2.75) is 26.2 Å². The van der Waals surface area contributed by atoms with Crippen LogP contribution in [0.25, 0.3) is 0 Å². The molecule has 1 aliphatic heterocycles. The van der Waals surface area contributed by atoms with Crippen LogP contribution in [0.2, 0.25) is 0 Å². The Morgan fingerprint density at radius 3 is 2.89 bits per heavy atom. The van der Waals surface area contributed by atoms with Crippen LogP contribution in [0.4, 0.5) is 0 Å². The molecule has 2 rings (SSSR count). The lowest BCUT2D eigenvalue weighted by Crippen LogP contribution is -2.44. The van der Waals surface area contributed by atoms with Gasteiger partial charge in [0.25, 0.3) is 0 Å². The summed E-state index contributed by atoms with van der Waals surface area (Å²) < 4.78 is 0. The summed E-state index contributed by atoms with van der Waals surface area (Å²) in [6, 6.07) is 4.02. The van der Waals surface area contributed by atoms with E-state index >= 15 is 0 Å². The van der Waals surface area contributed by atoms with E-state index in [0.29, 0.717) is 13.0 Å². The fourth-order valence-electron chi connectivity index (χ4n) is 2.28. The third-order valence-corrected chi connectivity index (χ3v) is 4.30. The van der Waals surface area contributed by atoms with Gasteiger partial charge >= 0.3 is 0 Å². The molecular formula is C13H18N2O2S. The van der Waals surface area contributed by atoms with E-state index in [1.807, 2.05) is 19.1 Å². The summed E-state index contributed by atoms with van der Waals surface area (Å²) >= 11 is 1.65. The summed E-state index contributed by atoms with van der Waals surface area (Å²) in [4.78, 5) is 27.4. The number of primary amides is 1. The Hall–Kier alpha value is -1.36. The summed E-state index contributed by atoms with van der Waals surface area (Å²) in [6.45, 7) is 3.26. The van der Waals surface area contributed by atoms with Crippen LogP contribution >= 0.6 is 11.3 Å². The fraction of sp³-hybridized carbons (Fsp3) is 0.538. The second-order valence-electron chi connectivity index (χ2n) is 4.77. The molecule has 1 aromatic rings. The van der Waals surface area contributed by atoms with E-state index in [2.05, 4.69) is 0 Å². The first-order chi connectivity index (χ1) is 8.56. The molecule has 1 fully saturated rings. The molecule has 98 valence electrons. The van der Waals surface area contributed by atoms with Crippen LogP contribution in [0.5, 0.6) is 0 Å². The molecule has 2 amide bonds. The number of hydrogen-bond acceptors (Lipinski definition) is 3. The number of nitrogens with zero attached hydrogens (tertiary/aromatic N) is 1. The van der Waals surface area contributed by atoms with Gasteiger partial charge in [-0.15, -0.1) is 11.3 Å². The zero-order chi connectivity index (χ0) is 13.1. The molecule has 1 aromatic heterocycles. The molecule has 5 heteroatoms. The van der Waals surface area contributed by atoms with E-state index in [0.717, 1.165) is 24.3 Å². The van der Waals surface area contributed by atoms with Gasteiger partial charge in [0.2, 0.25) is 11.8 Å². The molecule has 1 unspecified atom stereocenters. The van der Waals surface area contributed by atoms with Gasteiger partial charge in [0.15, 0.2) is 0 Å². The summed E-state index contributed by atoms with van der Waals surface area (Å²) in [5.41, 5.74) is 5.31. The Morgan fingerprint density at radius 1 is 1.50 bits per heavy atom. The van der Waals surface area contributed by atoms with Crippen molar-refractivity contribution in [1.29, 1.82) is 0 Å². The highest BCUT2D eigenvalue weighted by Gasteiger charge is 2.26. The van der Waals surface area contributed by atoms with Crippen molar-refractivity contribution in [3.05, 3.63) is 21.9 Å². The molecule has 1 aliphatic rings. The van der Waals surface area contributed by atoms with Gasteiger partial charge < -0.3 is 10.6 Å². The molecular weight excluding hydrogens is 248 g/mol. The van der Waals surface area contributed by atoms with E-state index < -0.39 is 0 Å². The van der Waals surface area contributed by atoms with Crippen LogP contribution in [-0.2, 0) is 16.0 Å². The van der Waals surface area contributed by atoms with Gasteiger partial charge in [-0.1, -0.05) is 0 Å². The Labute approximate surface area is 111 Å². The summed E-state index contributed by atoms with van der Waals surface area (Å²) in [5.74, 6) is -0.366. The van der Waals surface area contributed by atoms with Crippen LogP contribution < -0.4 is 5.73 Å². The molecule has 0 aromatic carbocycles. The van der Waals surface area contributed by atoms with E-state index in [9.17, 15) is 9.59 Å². The zero-order valence-electron chi connectivity index (χ0n) is 10.5. The van der Waals surface area contributed by atoms with Crippen molar-refractivity contribution < 1.29 is 9.59 Å². The minimum Gasteiger partial charge on any atom is -0.369 e. The average molecular weight is 266 g/mol. The van der Waals surface area contributed by atoms with Crippen LogP contribution in [0, 0.1) is 12.8 Å². The van der Waals surface area contributed by atoms with E-state index in [1.54, 1.807) is 16.2 Å². The number of amides is 2. The van der Waals surface area contributed by atoms with Gasteiger partial charge in [0.05, 0.1) is 12.3 Å². The fourth-order valence-corrected chi connectivity index (χ4v) is 3.16. The molecule has 0 spiro atoms. The third-order valence-electron chi connectivity index (χ3n) is 3.30. The lowest BCUT2D eigenvalue weighted by molar-refractivity contribution is -0.134. The van der Waals surface area contributed by atoms with Gasteiger partial charge in [-0.25, -0.2) is 0 Å². The molecule has 0 saturated carbocycles. The van der Waals surface area contributed by atoms with Crippen molar-refractivity contribution in [2.24, 2.45) is 11.7 Å². The topological polar surface area (TPSA) is 63.4 Å². The monoisotopic (exact) mass is 266 g/mol. The second kappa shape index (κ2) is 5.52. The maximum atomic E-state index is 12.1. The molecule has 0 radical (unpaired) electrons. The molecule has 4 nitrogen and oxygen atoms in total. The smallest absolute Gasteiger partial charge is 0.227 e. The predicted octanol–water partition coefficient (Wildman–Crippen LogP) is 1.32. The van der Waals surface area contributed by atoms with Gasteiger partial charge in [-0.2, -0.15) is 0 Å². The third kappa shape index (κ3) is 3.10. The highest BCUT2D eigenvalue weighted by molar-refractivity contribution is 7.12. The zero-order valence-corrected chi connectivity index (χ0v) is 11.3. The van der Waals surface area contributed by atoms with Crippen LogP contribution in [0.15, 0.2) is 12.1 Å². The highest BCUT2D eigenvalue weighted by atomic mass is 32.1. The Bertz CT molecular complexity index is 456. The van der Waals surface area contributed by atoms with Crippen LogP contribution in [0.3, 0.4) is 0 Å². The molecule has 0 aliphatic carbocycles. The highest BCUT2D eigenvalue weighted by Crippen LogP contribution is 2.20. The van der Waals surface area contributed by atoms with Crippen molar-refractivity contribution in [2.75, 3.05) is 13.1 Å². The van der Waals surface area contributed by atoms with Gasteiger partial charge in [0, 0.05) is 22.8 Å². The van der Waals surface area contributed by atoms with Crippen molar-refractivity contribution in [1.82, 2.24) is 4.90 Å². The SMILES string of the molecule is Cc1ccc(CC(=O)N2CCCC(C(N)=O)C2)s1. The Kier molecular flexibility index (Phi) is 4.01. The number of carbonyl (C=O) groups is 2. The Morgan fingerprint density at radius 2 is 2.28 bits per heavy atom. The van der Waals surface area contributed by atoms with Crippen LogP contribution in [-0.4, -0.2) is 29.8 Å². The van der Waals surface area contributed by atoms with E-state index in [-0.39, 0.29) is 17.7 Å². The first kappa shape index (κ1) is 13.1. The molecule has 18 heavy (non-hydrogen) atoms. The van der Waals surface area contributed by atoms with Crippen LogP contribution in [0.1, 0.15) is 22.6 Å². The minimum atomic E-state index is -0.292. The number of nitrogens with two attached hydrogens (primary N) is 1. The number of thiophene rings is 1. The summed E-state index contributed by atoms with van der Waals surface area (Å²) in [5, 5.41) is 0. The maximum absolute atomic E-state index is 12.1. The van der Waals surface area contributed by atoms with Crippen molar-refractivity contribution in [3.63, 3.8) is 0 Å². The molecule has 1 atom stereocenters. The average Bonchev–Trinajstić information content (AvgIpc) is 2.75. The van der Waals surface area contributed by atoms with Crippen molar-refractivity contribution >= 4 is 23.2 Å². The quantitative estimate of drug-likeness (QED) is 0.897. The number of rotatable bonds is 3. The van der Waals surface area contributed by atoms with E-state index in [4.69, 9.17) is 5.73 Å². The molecule has 1 saturated heterocycles. The van der Waals surface area contributed by atoms with Crippen molar-refractivity contribution in [3.8, 4) is 0 Å². The summed E-state index contributed by atoms with van der Waals surface area (Å²) in [7, 11) is 0. The van der Waals surface area contributed by atoms with Gasteiger partial charge in [-0.3, -0.25) is 9.59 Å². The number of piperidine rings is 1. The first-order valence-corrected chi connectivity index (χ1v) is 7.00. The molecule has 0 bridgehead atoms. The lowest BCUT2D eigenvalue weighted by atomic mass is 9.97. The second-order valence-corrected chi connectivity index (χ2v) is 6.14. The van der Waals surface area contributed by atoms with E-state index in [1.165, 1.54) is 4.88 Å². The number of likely N-dealkylation sites (tertiary alicyclic amines) is 1. The maximum Gasteiger partial charge on any atom is 0.227 e. The largest absolute Gasteiger partial charge is 0.369 e. The summed E-state index contributed by atoms with van der Waals surface area (Å²) in [6.07, 6.45) is 2.10. The van der Waals surface area contributed by atoms with Gasteiger partial charge in [0.1, 0.15) is 0 Å². The standard InChI is InChI=1S/C13H18N2O2S/c1-9-4-5-11(18-9)7-12(16)15-6-2-3-10(8-15)13(14)17/h4-5,10H,2-3,6-8H2,1H3,(H2,14,17). The number of hydrogen-bond donors (Lipinski definition) is 1. The minimum absolute atomic E-state index is 0.0998. The first-order valence-electron chi connectivity index (χ1n) is 6.18. The molecule has 2 heterocycles. The number of carbonyl (C=O) groups excluding carboxylic acids is 2. The normalized spacial score (nSPS) is 19.8.